The molecule has 0 bridgehead atoms. The summed E-state index contributed by atoms with van der Waals surface area (Å²) in [6, 6.07) is 3.53. The van der Waals surface area contributed by atoms with Gasteiger partial charge in [0.1, 0.15) is 17.6 Å². The summed E-state index contributed by atoms with van der Waals surface area (Å²) in [6.45, 7) is 1.88. The first-order valence-corrected chi connectivity index (χ1v) is 5.03. The third-order valence-electron chi connectivity index (χ3n) is 1.86. The first kappa shape index (κ1) is 9.39. The van der Waals surface area contributed by atoms with Crippen LogP contribution in [-0.2, 0) is 0 Å². The minimum Gasteiger partial charge on any atom is -0.464 e. The molecule has 0 amide bonds. The van der Waals surface area contributed by atoms with E-state index >= 15 is 0 Å². The van der Waals surface area contributed by atoms with E-state index in [1.165, 1.54) is 0 Å². The van der Waals surface area contributed by atoms with Crippen LogP contribution < -0.4 is 5.73 Å². The fraction of sp³-hybridized carbons (Fsp3) is 0.375. The van der Waals surface area contributed by atoms with Crippen molar-refractivity contribution in [3.63, 3.8) is 0 Å². The highest BCUT2D eigenvalue weighted by Gasteiger charge is 2.26. The van der Waals surface area contributed by atoms with Crippen molar-refractivity contribution < 1.29 is 4.42 Å². The molecule has 1 aromatic rings. The maximum Gasteiger partial charge on any atom is 0.235 e. The molecule has 0 aromatic carbocycles. The van der Waals surface area contributed by atoms with Gasteiger partial charge < -0.3 is 10.2 Å². The summed E-state index contributed by atoms with van der Waals surface area (Å²) in [5, 5.41) is 7.56. The van der Waals surface area contributed by atoms with E-state index in [4.69, 9.17) is 10.2 Å². The fourth-order valence-electron chi connectivity index (χ4n) is 1.22. The molecule has 1 aromatic heterocycles. The second-order valence-electron chi connectivity index (χ2n) is 2.97. The Morgan fingerprint density at radius 1 is 1.50 bits per heavy atom. The van der Waals surface area contributed by atoms with Crippen LogP contribution in [0, 0.1) is 6.92 Å². The minimum atomic E-state index is -0.221. The van der Waals surface area contributed by atoms with E-state index in [1.54, 1.807) is 0 Å². The van der Waals surface area contributed by atoms with Crippen molar-refractivity contribution in [3.8, 4) is 0 Å². The van der Waals surface area contributed by atoms with Crippen LogP contribution in [0.25, 0.3) is 0 Å². The highest BCUT2D eigenvalue weighted by atomic mass is 79.9. The third-order valence-corrected chi connectivity index (χ3v) is 2.54. The molecule has 5 nitrogen and oxygen atoms in total. The van der Waals surface area contributed by atoms with Gasteiger partial charge in [0.05, 0.1) is 0 Å². The molecule has 1 aliphatic rings. The van der Waals surface area contributed by atoms with Gasteiger partial charge >= 0.3 is 0 Å². The van der Waals surface area contributed by atoms with Gasteiger partial charge in [0.15, 0.2) is 4.95 Å². The SMILES string of the molecule is Cc1ccc(C2N=C(N)N=NC2Br)o1. The fourth-order valence-corrected chi connectivity index (χ4v) is 1.69. The van der Waals surface area contributed by atoms with Crippen LogP contribution in [0.2, 0.25) is 0 Å². The van der Waals surface area contributed by atoms with Gasteiger partial charge in [-0.3, -0.25) is 0 Å². The monoisotopic (exact) mass is 256 g/mol. The van der Waals surface area contributed by atoms with Crippen molar-refractivity contribution >= 4 is 21.9 Å². The van der Waals surface area contributed by atoms with Crippen molar-refractivity contribution in [1.29, 1.82) is 0 Å². The van der Waals surface area contributed by atoms with Crippen molar-refractivity contribution in [1.82, 2.24) is 0 Å². The van der Waals surface area contributed by atoms with Crippen LogP contribution in [0.4, 0.5) is 0 Å². The Hall–Kier alpha value is -1.17. The summed E-state index contributed by atoms with van der Waals surface area (Å²) in [5.41, 5.74) is 5.46. The predicted molar refractivity (Wildman–Crippen MR) is 55.4 cm³/mol. The van der Waals surface area contributed by atoms with Gasteiger partial charge in [0.2, 0.25) is 5.96 Å². The Labute approximate surface area is 89.2 Å². The molecular weight excluding hydrogens is 248 g/mol. The number of rotatable bonds is 1. The van der Waals surface area contributed by atoms with Crippen molar-refractivity contribution in [3.05, 3.63) is 23.7 Å². The van der Waals surface area contributed by atoms with E-state index in [1.807, 2.05) is 19.1 Å². The zero-order valence-electron chi connectivity index (χ0n) is 7.51. The summed E-state index contributed by atoms with van der Waals surface area (Å²) in [6.07, 6.45) is 0. The summed E-state index contributed by atoms with van der Waals surface area (Å²) < 4.78 is 5.45. The first-order valence-electron chi connectivity index (χ1n) is 4.11. The Morgan fingerprint density at radius 3 is 2.93 bits per heavy atom. The summed E-state index contributed by atoms with van der Waals surface area (Å²) in [4.78, 5) is 3.93. The predicted octanol–water partition coefficient (Wildman–Crippen LogP) is 2.13. The molecule has 2 unspecified atom stereocenters. The second-order valence-corrected chi connectivity index (χ2v) is 3.91. The van der Waals surface area contributed by atoms with Crippen LogP contribution in [-0.4, -0.2) is 10.9 Å². The molecule has 14 heavy (non-hydrogen) atoms. The van der Waals surface area contributed by atoms with Crippen LogP contribution in [0.3, 0.4) is 0 Å². The number of nitrogens with zero attached hydrogens (tertiary/aromatic N) is 3. The third kappa shape index (κ3) is 1.70. The molecule has 1 aliphatic heterocycles. The number of alkyl halides is 1. The van der Waals surface area contributed by atoms with Gasteiger partial charge in [-0.1, -0.05) is 15.9 Å². The molecule has 2 rings (SSSR count). The molecule has 0 radical (unpaired) electrons. The number of azo groups is 1. The van der Waals surface area contributed by atoms with Crippen molar-refractivity contribution in [2.75, 3.05) is 0 Å². The largest absolute Gasteiger partial charge is 0.464 e. The van der Waals surface area contributed by atoms with E-state index in [-0.39, 0.29) is 17.0 Å². The molecule has 6 heteroatoms. The van der Waals surface area contributed by atoms with Gasteiger partial charge in [-0.2, -0.15) is 5.11 Å². The van der Waals surface area contributed by atoms with Crippen molar-refractivity contribution in [2.24, 2.45) is 21.0 Å². The Morgan fingerprint density at radius 2 is 2.29 bits per heavy atom. The molecule has 0 saturated heterocycles. The number of hydrogen-bond acceptors (Lipinski definition) is 5. The molecule has 0 fully saturated rings. The standard InChI is InChI=1S/C8H9BrN4O/c1-4-2-3-5(14-4)6-7(9)12-13-8(10)11-6/h2-3,6-7H,1H3,(H2,10,11). The second kappa shape index (κ2) is 3.53. The molecule has 0 aliphatic carbocycles. The summed E-state index contributed by atoms with van der Waals surface area (Å²) in [5.74, 6) is 1.77. The average molecular weight is 257 g/mol. The Balaban J connectivity index is 2.30. The van der Waals surface area contributed by atoms with Crippen molar-refractivity contribution in [2.45, 2.75) is 17.9 Å². The maximum atomic E-state index is 5.46. The van der Waals surface area contributed by atoms with Gasteiger partial charge in [-0.05, 0) is 19.1 Å². The molecule has 2 atom stereocenters. The zero-order chi connectivity index (χ0) is 10.1. The first-order chi connectivity index (χ1) is 6.66. The molecular formula is C8H9BrN4O. The minimum absolute atomic E-state index is 0.180. The molecule has 0 saturated carbocycles. The number of hydrogen-bond donors (Lipinski definition) is 1. The smallest absolute Gasteiger partial charge is 0.235 e. The van der Waals surface area contributed by atoms with Gasteiger partial charge in [0, 0.05) is 0 Å². The lowest BCUT2D eigenvalue weighted by Gasteiger charge is -2.15. The van der Waals surface area contributed by atoms with E-state index in [2.05, 4.69) is 31.2 Å². The Kier molecular flexibility index (Phi) is 2.37. The number of guanidine groups is 1. The van der Waals surface area contributed by atoms with Gasteiger partial charge in [-0.15, -0.1) is 5.11 Å². The molecule has 0 spiro atoms. The number of furan rings is 1. The van der Waals surface area contributed by atoms with Crippen LogP contribution in [0.15, 0.2) is 31.8 Å². The molecule has 74 valence electrons. The lowest BCUT2D eigenvalue weighted by molar-refractivity contribution is 0.438. The highest BCUT2D eigenvalue weighted by Crippen LogP contribution is 2.31. The lowest BCUT2D eigenvalue weighted by atomic mass is 10.2. The quantitative estimate of drug-likeness (QED) is 0.618. The van der Waals surface area contributed by atoms with Gasteiger partial charge in [-0.25, -0.2) is 4.99 Å². The van der Waals surface area contributed by atoms with Crippen LogP contribution >= 0.6 is 15.9 Å². The van der Waals surface area contributed by atoms with Crippen LogP contribution in [0.1, 0.15) is 17.6 Å². The number of aliphatic imine (C=N–C) groups is 1. The van der Waals surface area contributed by atoms with Gasteiger partial charge in [0.25, 0.3) is 0 Å². The van der Waals surface area contributed by atoms with E-state index in [0.717, 1.165) is 11.5 Å². The van der Waals surface area contributed by atoms with E-state index in [9.17, 15) is 0 Å². The molecule has 2 heterocycles. The maximum absolute atomic E-state index is 5.46. The zero-order valence-corrected chi connectivity index (χ0v) is 9.10. The number of aryl methyl sites for hydroxylation is 1. The highest BCUT2D eigenvalue weighted by molar-refractivity contribution is 9.09. The summed E-state index contributed by atoms with van der Waals surface area (Å²) in [7, 11) is 0. The number of nitrogens with two attached hydrogens (primary N) is 1. The topological polar surface area (TPSA) is 76.2 Å². The average Bonchev–Trinajstić information content (AvgIpc) is 2.56. The number of halogens is 1. The normalized spacial score (nSPS) is 26.3. The van der Waals surface area contributed by atoms with E-state index in [0.29, 0.717) is 0 Å². The van der Waals surface area contributed by atoms with E-state index < -0.39 is 0 Å². The molecule has 2 N–H and O–H groups in total. The Bertz CT molecular complexity index is 398. The lowest BCUT2D eigenvalue weighted by Crippen LogP contribution is -2.19. The summed E-state index contributed by atoms with van der Waals surface area (Å²) >= 11 is 3.35. The van der Waals surface area contributed by atoms with Crippen LogP contribution in [0.5, 0.6) is 0 Å².